The molecule has 0 aromatic carbocycles. The molecule has 1 heterocycles. The fourth-order valence-electron chi connectivity index (χ4n) is 0.714. The van der Waals surface area contributed by atoms with E-state index in [1.807, 2.05) is 0 Å². The van der Waals surface area contributed by atoms with Gasteiger partial charge in [0.15, 0.2) is 0 Å². The second-order valence-electron chi connectivity index (χ2n) is 2.15. The lowest BCUT2D eigenvalue weighted by Gasteiger charge is -2.04. The summed E-state index contributed by atoms with van der Waals surface area (Å²) in [5.41, 5.74) is 0.364. The van der Waals surface area contributed by atoms with Gasteiger partial charge in [0.1, 0.15) is 0 Å². The molecule has 0 spiro atoms. The number of ether oxygens (including phenoxy) is 1. The molecule has 0 aliphatic rings. The highest BCUT2D eigenvalue weighted by atomic mass is 35.5. The highest BCUT2D eigenvalue weighted by Crippen LogP contribution is 2.20. The minimum Gasteiger partial charge on any atom is -0.417 e. The van der Waals surface area contributed by atoms with Crippen LogP contribution in [0.15, 0.2) is 12.3 Å². The second kappa shape index (κ2) is 4.34. The zero-order valence-corrected chi connectivity index (χ0v) is 7.13. The van der Waals surface area contributed by atoms with E-state index < -0.39 is 6.61 Å². The Morgan fingerprint density at radius 3 is 2.77 bits per heavy atom. The second-order valence-corrected chi connectivity index (χ2v) is 2.56. The van der Waals surface area contributed by atoms with Gasteiger partial charge in [-0.05, 0) is 0 Å². The van der Waals surface area contributed by atoms with Crippen molar-refractivity contribution in [2.24, 2.45) is 0 Å². The first-order valence-electron chi connectivity index (χ1n) is 3.33. The van der Waals surface area contributed by atoms with Crippen molar-refractivity contribution in [3.63, 3.8) is 0 Å². The minimum atomic E-state index is -2.93. The molecule has 3 nitrogen and oxygen atoms in total. The summed E-state index contributed by atoms with van der Waals surface area (Å²) in [6.45, 7) is -3.22. The van der Waals surface area contributed by atoms with Crippen LogP contribution in [0.4, 0.5) is 8.78 Å². The molecule has 0 radical (unpaired) electrons. The first-order valence-corrected chi connectivity index (χ1v) is 3.71. The smallest absolute Gasteiger partial charge is 0.388 e. The molecule has 72 valence electrons. The number of aliphatic hydroxyl groups is 1. The quantitative estimate of drug-likeness (QED) is 0.826. The van der Waals surface area contributed by atoms with Gasteiger partial charge in [0.2, 0.25) is 5.88 Å². The summed E-state index contributed by atoms with van der Waals surface area (Å²) in [5, 5.41) is 8.82. The SMILES string of the molecule is OCc1cnc(OC(F)F)cc1Cl. The van der Waals surface area contributed by atoms with Crippen LogP contribution in [0.1, 0.15) is 5.56 Å². The van der Waals surface area contributed by atoms with Gasteiger partial charge in [-0.3, -0.25) is 0 Å². The van der Waals surface area contributed by atoms with Crippen LogP contribution in [-0.4, -0.2) is 16.7 Å². The van der Waals surface area contributed by atoms with E-state index in [4.69, 9.17) is 16.7 Å². The van der Waals surface area contributed by atoms with Crippen molar-refractivity contribution in [3.05, 3.63) is 22.8 Å². The van der Waals surface area contributed by atoms with E-state index in [-0.39, 0.29) is 17.5 Å². The van der Waals surface area contributed by atoms with Crippen molar-refractivity contribution >= 4 is 11.6 Å². The normalized spacial score (nSPS) is 10.5. The highest BCUT2D eigenvalue weighted by Gasteiger charge is 2.07. The van der Waals surface area contributed by atoms with E-state index in [1.54, 1.807) is 0 Å². The Balaban J connectivity index is 2.83. The molecule has 1 aromatic heterocycles. The number of alkyl halides is 2. The molecule has 0 unspecified atom stereocenters. The van der Waals surface area contributed by atoms with Gasteiger partial charge in [-0.25, -0.2) is 4.98 Å². The number of hydrogen-bond donors (Lipinski definition) is 1. The van der Waals surface area contributed by atoms with E-state index in [1.165, 1.54) is 6.20 Å². The average Bonchev–Trinajstić information content (AvgIpc) is 2.03. The van der Waals surface area contributed by atoms with E-state index >= 15 is 0 Å². The van der Waals surface area contributed by atoms with Crippen molar-refractivity contribution in [2.75, 3.05) is 0 Å². The van der Waals surface area contributed by atoms with Crippen LogP contribution in [0, 0.1) is 0 Å². The Morgan fingerprint density at radius 1 is 1.62 bits per heavy atom. The summed E-state index contributed by atoms with van der Waals surface area (Å²) >= 11 is 5.59. The fraction of sp³-hybridized carbons (Fsp3) is 0.286. The third-order valence-electron chi connectivity index (χ3n) is 1.28. The van der Waals surface area contributed by atoms with Gasteiger partial charge in [-0.15, -0.1) is 0 Å². The lowest BCUT2D eigenvalue weighted by molar-refractivity contribution is -0.0528. The number of hydrogen-bond acceptors (Lipinski definition) is 3. The standard InChI is InChI=1S/C7H6ClF2NO2/c8-5-1-6(13-7(9)10)11-2-4(5)3-12/h1-2,7,12H,3H2. The summed E-state index contributed by atoms with van der Waals surface area (Å²) < 4.78 is 27.3. The number of nitrogens with zero attached hydrogens (tertiary/aromatic N) is 1. The predicted octanol–water partition coefficient (Wildman–Crippen LogP) is 1.83. The van der Waals surface area contributed by atoms with E-state index in [2.05, 4.69) is 9.72 Å². The maximum Gasteiger partial charge on any atom is 0.388 e. The number of aromatic nitrogens is 1. The molecule has 1 aromatic rings. The zero-order valence-electron chi connectivity index (χ0n) is 6.38. The van der Waals surface area contributed by atoms with Crippen molar-refractivity contribution in [1.82, 2.24) is 4.98 Å². The van der Waals surface area contributed by atoms with Crippen molar-refractivity contribution < 1.29 is 18.6 Å². The number of rotatable bonds is 3. The van der Waals surface area contributed by atoms with Crippen LogP contribution < -0.4 is 4.74 Å². The van der Waals surface area contributed by atoms with Crippen LogP contribution in [0.2, 0.25) is 5.02 Å². The largest absolute Gasteiger partial charge is 0.417 e. The van der Waals surface area contributed by atoms with Gasteiger partial charge in [0.05, 0.1) is 11.6 Å². The predicted molar refractivity (Wildman–Crippen MR) is 41.8 cm³/mol. The van der Waals surface area contributed by atoms with Crippen LogP contribution in [0.3, 0.4) is 0 Å². The van der Waals surface area contributed by atoms with Gasteiger partial charge in [-0.1, -0.05) is 11.6 Å². The maximum absolute atomic E-state index is 11.7. The molecule has 0 saturated heterocycles. The Bertz CT molecular complexity index is 296. The van der Waals surface area contributed by atoms with Gasteiger partial charge in [-0.2, -0.15) is 8.78 Å². The van der Waals surface area contributed by atoms with Gasteiger partial charge < -0.3 is 9.84 Å². The number of aliphatic hydroxyl groups excluding tert-OH is 1. The molecule has 0 amide bonds. The molecule has 13 heavy (non-hydrogen) atoms. The van der Waals surface area contributed by atoms with Gasteiger partial charge in [0.25, 0.3) is 0 Å². The van der Waals surface area contributed by atoms with Crippen LogP contribution in [0.25, 0.3) is 0 Å². The molecular weight excluding hydrogens is 204 g/mol. The molecule has 0 aliphatic carbocycles. The molecule has 1 rings (SSSR count). The summed E-state index contributed by atoms with van der Waals surface area (Å²) in [7, 11) is 0. The molecule has 0 aliphatic heterocycles. The third-order valence-corrected chi connectivity index (χ3v) is 1.64. The first-order chi connectivity index (χ1) is 6.13. The van der Waals surface area contributed by atoms with E-state index in [0.29, 0.717) is 5.56 Å². The lowest BCUT2D eigenvalue weighted by Crippen LogP contribution is -2.03. The zero-order chi connectivity index (χ0) is 9.84. The summed E-state index contributed by atoms with van der Waals surface area (Å²) in [6, 6.07) is 1.12. The van der Waals surface area contributed by atoms with E-state index in [9.17, 15) is 8.78 Å². The number of pyridine rings is 1. The Hall–Kier alpha value is -0.940. The van der Waals surface area contributed by atoms with Gasteiger partial charge in [0, 0.05) is 17.8 Å². The summed E-state index contributed by atoms with van der Waals surface area (Å²) in [6.07, 6.45) is 1.18. The van der Waals surface area contributed by atoms with Crippen molar-refractivity contribution in [1.29, 1.82) is 0 Å². The summed E-state index contributed by atoms with van der Waals surface area (Å²) in [5.74, 6) is -0.266. The molecule has 6 heteroatoms. The molecule has 0 fully saturated rings. The molecule has 0 atom stereocenters. The Labute approximate surface area is 77.9 Å². The van der Waals surface area contributed by atoms with Crippen molar-refractivity contribution in [3.8, 4) is 5.88 Å². The third kappa shape index (κ3) is 2.78. The Morgan fingerprint density at radius 2 is 2.31 bits per heavy atom. The van der Waals surface area contributed by atoms with Gasteiger partial charge >= 0.3 is 6.61 Å². The molecule has 0 bridgehead atoms. The molecule has 0 saturated carbocycles. The van der Waals surface area contributed by atoms with Crippen LogP contribution in [-0.2, 0) is 6.61 Å². The van der Waals surface area contributed by atoms with Crippen LogP contribution >= 0.6 is 11.6 Å². The fourth-order valence-corrected chi connectivity index (χ4v) is 0.916. The number of halogens is 3. The Kier molecular flexibility index (Phi) is 3.39. The first kappa shape index (κ1) is 10.1. The van der Waals surface area contributed by atoms with Crippen LogP contribution in [0.5, 0.6) is 5.88 Å². The monoisotopic (exact) mass is 209 g/mol. The lowest BCUT2D eigenvalue weighted by atomic mass is 10.3. The maximum atomic E-state index is 11.7. The van der Waals surface area contributed by atoms with Crippen molar-refractivity contribution in [2.45, 2.75) is 13.2 Å². The highest BCUT2D eigenvalue weighted by molar-refractivity contribution is 6.31. The average molecular weight is 210 g/mol. The topological polar surface area (TPSA) is 42.4 Å². The molecule has 1 N–H and O–H groups in total. The minimum absolute atomic E-state index is 0.146. The molecular formula is C7H6ClF2NO2. The van der Waals surface area contributed by atoms with E-state index in [0.717, 1.165) is 6.07 Å². The summed E-state index contributed by atoms with van der Waals surface area (Å²) in [4.78, 5) is 3.50.